The van der Waals surface area contributed by atoms with E-state index in [4.69, 9.17) is 4.74 Å². The molecule has 0 spiro atoms. The Morgan fingerprint density at radius 1 is 1.14 bits per heavy atom. The number of para-hydroxylation sites is 1. The summed E-state index contributed by atoms with van der Waals surface area (Å²) in [5.41, 5.74) is 1.12. The Bertz CT molecular complexity index is 663. The van der Waals surface area contributed by atoms with Gasteiger partial charge in [0.2, 0.25) is 0 Å². The average Bonchev–Trinajstić information content (AvgIpc) is 2.69. The molecule has 0 radical (unpaired) electrons. The Kier molecular flexibility index (Phi) is 4.22. The van der Waals surface area contributed by atoms with Crippen LogP contribution in [0.5, 0.6) is 5.75 Å². The van der Waals surface area contributed by atoms with Gasteiger partial charge in [0.25, 0.3) is 0 Å². The van der Waals surface area contributed by atoms with Gasteiger partial charge in [-0.3, -0.25) is 4.90 Å². The zero-order valence-corrected chi connectivity index (χ0v) is 12.9. The summed E-state index contributed by atoms with van der Waals surface area (Å²) in [6.45, 7) is 1.96. The second-order valence-corrected chi connectivity index (χ2v) is 5.84. The fraction of sp³-hybridized carbons (Fsp3) is 0.250. The molecule has 0 fully saturated rings. The number of fused-ring (bicyclic) bond motifs is 1. The van der Waals surface area contributed by atoms with Crippen molar-refractivity contribution < 1.29 is 13.5 Å². The summed E-state index contributed by atoms with van der Waals surface area (Å²) in [5, 5.41) is 0. The van der Waals surface area contributed by atoms with E-state index in [0.717, 1.165) is 11.3 Å². The maximum Gasteiger partial charge on any atom is 0.144 e. The minimum absolute atomic E-state index is 0.0868. The summed E-state index contributed by atoms with van der Waals surface area (Å²) in [4.78, 5) is 1.99. The van der Waals surface area contributed by atoms with Crippen LogP contribution >= 0.6 is 15.9 Å². The van der Waals surface area contributed by atoms with Crippen LogP contribution in [0, 0.1) is 11.6 Å². The number of rotatable bonds is 2. The number of benzene rings is 2. The molecule has 0 saturated heterocycles. The summed E-state index contributed by atoms with van der Waals surface area (Å²) in [6, 6.07) is 10.4. The Morgan fingerprint density at radius 2 is 1.95 bits per heavy atom. The highest BCUT2D eigenvalue weighted by Crippen LogP contribution is 2.26. The van der Waals surface area contributed by atoms with Gasteiger partial charge in [-0.15, -0.1) is 0 Å². The second kappa shape index (κ2) is 6.12. The lowest BCUT2D eigenvalue weighted by atomic mass is 10.1. The van der Waals surface area contributed by atoms with E-state index in [-0.39, 0.29) is 16.6 Å². The second-order valence-electron chi connectivity index (χ2n) is 4.99. The largest absolute Gasteiger partial charge is 0.492 e. The first-order chi connectivity index (χ1) is 10.1. The van der Waals surface area contributed by atoms with E-state index in [9.17, 15) is 8.78 Å². The molecule has 2 nitrogen and oxygen atoms in total. The van der Waals surface area contributed by atoms with E-state index in [1.807, 2.05) is 29.2 Å². The third-order valence-corrected chi connectivity index (χ3v) is 4.16. The van der Waals surface area contributed by atoms with Gasteiger partial charge in [-0.1, -0.05) is 18.2 Å². The number of ether oxygens (including phenoxy) is 1. The van der Waals surface area contributed by atoms with Crippen molar-refractivity contribution in [1.82, 2.24) is 4.90 Å². The van der Waals surface area contributed by atoms with E-state index in [0.29, 0.717) is 19.7 Å². The first-order valence-electron chi connectivity index (χ1n) is 6.70. The van der Waals surface area contributed by atoms with Crippen molar-refractivity contribution in [3.63, 3.8) is 0 Å². The smallest absolute Gasteiger partial charge is 0.144 e. The van der Waals surface area contributed by atoms with Gasteiger partial charge in [0, 0.05) is 30.8 Å². The molecule has 0 aromatic heterocycles. The molecule has 0 amide bonds. The number of nitrogens with zero attached hydrogens (tertiary/aromatic N) is 1. The molecule has 0 unspecified atom stereocenters. The Labute approximate surface area is 130 Å². The van der Waals surface area contributed by atoms with Crippen LogP contribution in [0.15, 0.2) is 40.9 Å². The molecule has 110 valence electrons. The molecule has 0 saturated carbocycles. The molecule has 2 aromatic rings. The zero-order chi connectivity index (χ0) is 14.8. The van der Waals surface area contributed by atoms with Gasteiger partial charge in [-0.2, -0.15) is 0 Å². The van der Waals surface area contributed by atoms with Crippen LogP contribution in [0.25, 0.3) is 0 Å². The van der Waals surface area contributed by atoms with E-state index in [2.05, 4.69) is 15.9 Å². The third-order valence-electron chi connectivity index (χ3n) is 3.55. The van der Waals surface area contributed by atoms with Gasteiger partial charge < -0.3 is 4.74 Å². The maximum atomic E-state index is 14.1. The lowest BCUT2D eigenvalue weighted by Gasteiger charge is -2.20. The van der Waals surface area contributed by atoms with Crippen LogP contribution in [0.2, 0.25) is 0 Å². The highest BCUT2D eigenvalue weighted by Gasteiger charge is 2.19. The van der Waals surface area contributed by atoms with Crippen molar-refractivity contribution in [2.45, 2.75) is 13.1 Å². The van der Waals surface area contributed by atoms with Crippen LogP contribution in [-0.4, -0.2) is 18.1 Å². The quantitative estimate of drug-likeness (QED) is 0.753. The molecule has 2 aromatic carbocycles. The van der Waals surface area contributed by atoms with Gasteiger partial charge in [-0.05, 0) is 34.1 Å². The monoisotopic (exact) mass is 353 g/mol. The Morgan fingerprint density at radius 3 is 2.81 bits per heavy atom. The predicted octanol–water partition coefficient (Wildman–Crippen LogP) is 4.12. The molecule has 1 aliphatic rings. The molecule has 1 aliphatic heterocycles. The van der Waals surface area contributed by atoms with Gasteiger partial charge in [0.15, 0.2) is 0 Å². The van der Waals surface area contributed by atoms with E-state index in [1.54, 1.807) is 0 Å². The van der Waals surface area contributed by atoms with Gasteiger partial charge >= 0.3 is 0 Å². The van der Waals surface area contributed by atoms with Crippen LogP contribution in [0.1, 0.15) is 11.1 Å². The Balaban J connectivity index is 1.85. The average molecular weight is 354 g/mol. The fourth-order valence-corrected chi connectivity index (χ4v) is 2.82. The van der Waals surface area contributed by atoms with Crippen molar-refractivity contribution in [1.29, 1.82) is 0 Å². The van der Waals surface area contributed by atoms with Crippen LogP contribution in [-0.2, 0) is 13.1 Å². The molecular weight excluding hydrogens is 340 g/mol. The first-order valence-corrected chi connectivity index (χ1v) is 7.50. The van der Waals surface area contributed by atoms with Gasteiger partial charge in [0.1, 0.15) is 24.0 Å². The molecule has 0 aliphatic carbocycles. The maximum absolute atomic E-state index is 14.1. The van der Waals surface area contributed by atoms with Gasteiger partial charge in [-0.25, -0.2) is 8.78 Å². The number of halogens is 3. The Hall–Kier alpha value is -1.46. The van der Waals surface area contributed by atoms with E-state index < -0.39 is 11.6 Å². The first kappa shape index (κ1) is 14.5. The minimum atomic E-state index is -0.534. The van der Waals surface area contributed by atoms with Crippen LogP contribution in [0.4, 0.5) is 8.78 Å². The number of hydrogen-bond acceptors (Lipinski definition) is 2. The van der Waals surface area contributed by atoms with Crippen molar-refractivity contribution >= 4 is 15.9 Å². The lowest BCUT2D eigenvalue weighted by molar-refractivity contribution is 0.215. The van der Waals surface area contributed by atoms with E-state index in [1.165, 1.54) is 12.1 Å². The van der Waals surface area contributed by atoms with Gasteiger partial charge in [0.05, 0.1) is 4.47 Å². The van der Waals surface area contributed by atoms with Crippen molar-refractivity contribution in [3.8, 4) is 5.75 Å². The fourth-order valence-electron chi connectivity index (χ4n) is 2.45. The number of hydrogen-bond donors (Lipinski definition) is 0. The summed E-state index contributed by atoms with van der Waals surface area (Å²) in [7, 11) is 0. The highest BCUT2D eigenvalue weighted by atomic mass is 79.9. The molecule has 5 heteroatoms. The summed E-state index contributed by atoms with van der Waals surface area (Å²) < 4.78 is 33.9. The molecule has 1 heterocycles. The standard InChI is InChI=1S/C16H14BrF2NO/c17-13-5-6-14(18)12(16(13)19)10-20-7-8-21-15-4-2-1-3-11(15)9-20/h1-6H,7-10H2. The SMILES string of the molecule is Fc1ccc(Br)c(F)c1CN1CCOc2ccccc2C1. The summed E-state index contributed by atoms with van der Waals surface area (Å²) in [6.07, 6.45) is 0. The van der Waals surface area contributed by atoms with Crippen molar-refractivity contribution in [3.05, 3.63) is 63.6 Å². The molecule has 3 rings (SSSR count). The normalized spacial score (nSPS) is 15.2. The van der Waals surface area contributed by atoms with E-state index >= 15 is 0 Å². The molecule has 0 atom stereocenters. The van der Waals surface area contributed by atoms with Crippen molar-refractivity contribution in [2.75, 3.05) is 13.2 Å². The summed E-state index contributed by atoms with van der Waals surface area (Å²) in [5.74, 6) is -0.210. The predicted molar refractivity (Wildman–Crippen MR) is 80.1 cm³/mol. The third kappa shape index (κ3) is 3.09. The zero-order valence-electron chi connectivity index (χ0n) is 11.3. The van der Waals surface area contributed by atoms with Crippen LogP contribution < -0.4 is 4.74 Å². The molecular formula is C16H14BrF2NO. The molecule has 21 heavy (non-hydrogen) atoms. The van der Waals surface area contributed by atoms with Crippen molar-refractivity contribution in [2.24, 2.45) is 0 Å². The molecule has 0 N–H and O–H groups in total. The minimum Gasteiger partial charge on any atom is -0.492 e. The topological polar surface area (TPSA) is 12.5 Å². The highest BCUT2D eigenvalue weighted by molar-refractivity contribution is 9.10. The van der Waals surface area contributed by atoms with Crippen LogP contribution in [0.3, 0.4) is 0 Å². The summed E-state index contributed by atoms with van der Waals surface area (Å²) >= 11 is 3.10. The molecule has 0 bridgehead atoms. The lowest BCUT2D eigenvalue weighted by Crippen LogP contribution is -2.26.